The van der Waals surface area contributed by atoms with Gasteiger partial charge in [0, 0.05) is 4.47 Å². The molecule has 7 nitrogen and oxygen atoms in total. The van der Waals surface area contributed by atoms with E-state index in [4.69, 9.17) is 9.47 Å². The van der Waals surface area contributed by atoms with E-state index in [0.717, 1.165) is 10.0 Å². The number of esters is 1. The van der Waals surface area contributed by atoms with Crippen molar-refractivity contribution in [1.82, 2.24) is 4.57 Å². The molecule has 1 aliphatic rings. The Morgan fingerprint density at radius 1 is 1.27 bits per heavy atom. The first-order valence-electron chi connectivity index (χ1n) is 10.2. The highest BCUT2D eigenvalue weighted by atomic mass is 79.9. The van der Waals surface area contributed by atoms with E-state index in [9.17, 15) is 14.7 Å². The second kappa shape index (κ2) is 9.36. The third-order valence-electron chi connectivity index (χ3n) is 5.20. The average Bonchev–Trinajstić information content (AvgIpc) is 3.08. The molecule has 1 atom stereocenters. The summed E-state index contributed by atoms with van der Waals surface area (Å²) in [6.07, 6.45) is 1.69. The molecule has 0 unspecified atom stereocenters. The number of carbonyl (C=O) groups is 1. The minimum Gasteiger partial charge on any atom is -0.504 e. The van der Waals surface area contributed by atoms with Gasteiger partial charge in [-0.1, -0.05) is 45.5 Å². The fourth-order valence-corrected chi connectivity index (χ4v) is 5.01. The fraction of sp³-hybridized carbons (Fsp3) is 0.208. The molecule has 0 spiro atoms. The van der Waals surface area contributed by atoms with Crippen molar-refractivity contribution in [2.75, 3.05) is 13.7 Å². The van der Waals surface area contributed by atoms with Gasteiger partial charge in [-0.2, -0.15) is 0 Å². The van der Waals surface area contributed by atoms with Crippen LogP contribution in [0.15, 0.2) is 68.0 Å². The second-order valence-corrected chi connectivity index (χ2v) is 9.21. The van der Waals surface area contributed by atoms with Crippen molar-refractivity contribution in [3.63, 3.8) is 0 Å². The van der Waals surface area contributed by atoms with Crippen LogP contribution in [0.5, 0.6) is 11.5 Å². The summed E-state index contributed by atoms with van der Waals surface area (Å²) >= 11 is 4.66. The van der Waals surface area contributed by atoms with Gasteiger partial charge in [-0.25, -0.2) is 9.79 Å². The van der Waals surface area contributed by atoms with Gasteiger partial charge in [-0.3, -0.25) is 9.36 Å². The van der Waals surface area contributed by atoms with E-state index in [1.54, 1.807) is 32.1 Å². The van der Waals surface area contributed by atoms with Crippen molar-refractivity contribution in [3.05, 3.63) is 89.0 Å². The maximum atomic E-state index is 13.5. The summed E-state index contributed by atoms with van der Waals surface area (Å²) in [5.74, 6) is -0.174. The van der Waals surface area contributed by atoms with Gasteiger partial charge in [0.15, 0.2) is 16.3 Å². The number of aromatic nitrogens is 1. The molecule has 2 aromatic carbocycles. The molecule has 1 aliphatic heterocycles. The van der Waals surface area contributed by atoms with E-state index < -0.39 is 12.0 Å². The van der Waals surface area contributed by atoms with Crippen LogP contribution >= 0.6 is 27.3 Å². The lowest BCUT2D eigenvalue weighted by molar-refractivity contribution is -0.139. The Labute approximate surface area is 202 Å². The standard InChI is InChI=1S/C24H21BrN2O5S/c1-4-32-23(30)20-13(2)26-24-27(21(20)15-6-8-16(25)9-7-15)22(29)19(33-24)12-14-5-10-18(31-3)17(28)11-14/h5-12,21,28H,4H2,1-3H3/b19-12-/t21-/m1/s1. The quantitative estimate of drug-likeness (QED) is 0.513. The van der Waals surface area contributed by atoms with Crippen molar-refractivity contribution in [3.8, 4) is 11.5 Å². The highest BCUT2D eigenvalue weighted by Gasteiger charge is 2.33. The zero-order chi connectivity index (χ0) is 23.7. The Balaban J connectivity index is 1.93. The predicted octanol–water partition coefficient (Wildman–Crippen LogP) is 3.28. The van der Waals surface area contributed by atoms with E-state index >= 15 is 0 Å². The number of phenols is 1. The van der Waals surface area contributed by atoms with Crippen LogP contribution in [0.4, 0.5) is 0 Å². The molecule has 170 valence electrons. The summed E-state index contributed by atoms with van der Waals surface area (Å²) in [6, 6.07) is 11.7. The summed E-state index contributed by atoms with van der Waals surface area (Å²) < 4.78 is 13.2. The maximum absolute atomic E-state index is 13.5. The molecule has 1 N–H and O–H groups in total. The van der Waals surface area contributed by atoms with Crippen molar-refractivity contribution in [2.45, 2.75) is 19.9 Å². The molecule has 2 heterocycles. The molecule has 0 saturated carbocycles. The molecular formula is C24H21BrN2O5S. The first kappa shape index (κ1) is 23.0. The number of ether oxygens (including phenoxy) is 2. The molecule has 0 saturated heterocycles. The van der Waals surface area contributed by atoms with Crippen LogP contribution in [-0.2, 0) is 9.53 Å². The molecule has 4 rings (SSSR count). The number of hydrogen-bond donors (Lipinski definition) is 1. The monoisotopic (exact) mass is 528 g/mol. The number of hydrogen-bond acceptors (Lipinski definition) is 7. The molecule has 1 aromatic heterocycles. The number of benzene rings is 2. The van der Waals surface area contributed by atoms with Crippen LogP contribution in [-0.4, -0.2) is 29.4 Å². The largest absolute Gasteiger partial charge is 0.504 e. The van der Waals surface area contributed by atoms with Gasteiger partial charge in [0.2, 0.25) is 0 Å². The summed E-state index contributed by atoms with van der Waals surface area (Å²) in [5, 5.41) is 10.1. The molecule has 3 aromatic rings. The summed E-state index contributed by atoms with van der Waals surface area (Å²) in [6.45, 7) is 3.70. The SMILES string of the molecule is CCOC(=O)C1=C(C)N=c2s/c(=C\c3ccc(OC)c(O)c3)c(=O)n2[C@@H]1c1ccc(Br)cc1. The lowest BCUT2D eigenvalue weighted by Gasteiger charge is -2.24. The first-order chi connectivity index (χ1) is 15.8. The van der Waals surface area contributed by atoms with E-state index in [1.807, 2.05) is 24.3 Å². The Hall–Kier alpha value is -3.17. The summed E-state index contributed by atoms with van der Waals surface area (Å²) in [5.41, 5.74) is 1.97. The number of rotatable bonds is 5. The van der Waals surface area contributed by atoms with Crippen molar-refractivity contribution in [2.24, 2.45) is 4.99 Å². The van der Waals surface area contributed by atoms with Gasteiger partial charge in [0.25, 0.3) is 5.56 Å². The van der Waals surface area contributed by atoms with Crippen LogP contribution in [0, 0.1) is 0 Å². The number of phenolic OH excluding ortho intramolecular Hbond substituents is 1. The van der Waals surface area contributed by atoms with E-state index in [-0.39, 0.29) is 17.9 Å². The van der Waals surface area contributed by atoms with Crippen LogP contribution in [0.1, 0.15) is 31.0 Å². The minimum absolute atomic E-state index is 0.0211. The smallest absolute Gasteiger partial charge is 0.338 e. The minimum atomic E-state index is -0.667. The van der Waals surface area contributed by atoms with Crippen molar-refractivity contribution >= 4 is 39.3 Å². The van der Waals surface area contributed by atoms with Gasteiger partial charge in [-0.05, 0) is 55.3 Å². The fourth-order valence-electron chi connectivity index (χ4n) is 3.70. The number of thiazole rings is 1. The third kappa shape index (κ3) is 4.38. The molecule has 0 bridgehead atoms. The number of fused-ring (bicyclic) bond motifs is 1. The Bertz CT molecular complexity index is 1440. The number of halogens is 1. The van der Waals surface area contributed by atoms with Crippen LogP contribution in [0.2, 0.25) is 0 Å². The molecular weight excluding hydrogens is 508 g/mol. The zero-order valence-corrected chi connectivity index (χ0v) is 20.6. The van der Waals surface area contributed by atoms with E-state index in [2.05, 4.69) is 20.9 Å². The zero-order valence-electron chi connectivity index (χ0n) is 18.2. The number of methoxy groups -OCH3 is 1. The van der Waals surface area contributed by atoms with E-state index in [1.165, 1.54) is 29.1 Å². The van der Waals surface area contributed by atoms with Gasteiger partial charge >= 0.3 is 5.97 Å². The normalized spacial score (nSPS) is 15.8. The molecule has 0 fully saturated rings. The van der Waals surface area contributed by atoms with E-state index in [0.29, 0.717) is 31.9 Å². The van der Waals surface area contributed by atoms with Crippen molar-refractivity contribution in [1.29, 1.82) is 0 Å². The number of nitrogens with zero attached hydrogens (tertiary/aromatic N) is 2. The maximum Gasteiger partial charge on any atom is 0.338 e. The van der Waals surface area contributed by atoms with Crippen LogP contribution in [0.3, 0.4) is 0 Å². The lowest BCUT2D eigenvalue weighted by Crippen LogP contribution is -2.39. The van der Waals surface area contributed by atoms with Gasteiger partial charge < -0.3 is 14.6 Å². The summed E-state index contributed by atoms with van der Waals surface area (Å²) in [7, 11) is 1.47. The lowest BCUT2D eigenvalue weighted by atomic mass is 9.96. The van der Waals surface area contributed by atoms with Crippen molar-refractivity contribution < 1.29 is 19.4 Å². The Kier molecular flexibility index (Phi) is 6.53. The Morgan fingerprint density at radius 2 is 2.00 bits per heavy atom. The average molecular weight is 529 g/mol. The number of allylic oxidation sites excluding steroid dienone is 1. The highest BCUT2D eigenvalue weighted by Crippen LogP contribution is 2.31. The highest BCUT2D eigenvalue weighted by molar-refractivity contribution is 9.10. The molecule has 0 amide bonds. The Morgan fingerprint density at radius 3 is 2.64 bits per heavy atom. The molecule has 0 aliphatic carbocycles. The van der Waals surface area contributed by atoms with Crippen LogP contribution in [0.25, 0.3) is 6.08 Å². The number of aromatic hydroxyl groups is 1. The third-order valence-corrected chi connectivity index (χ3v) is 6.72. The topological polar surface area (TPSA) is 90.1 Å². The molecule has 9 heteroatoms. The number of carbonyl (C=O) groups excluding carboxylic acids is 1. The van der Waals surface area contributed by atoms with Gasteiger partial charge in [-0.15, -0.1) is 0 Å². The summed E-state index contributed by atoms with van der Waals surface area (Å²) in [4.78, 5) is 31.4. The van der Waals surface area contributed by atoms with Gasteiger partial charge in [0.05, 0.1) is 35.6 Å². The second-order valence-electron chi connectivity index (χ2n) is 7.29. The van der Waals surface area contributed by atoms with Crippen LogP contribution < -0.4 is 19.6 Å². The first-order valence-corrected chi connectivity index (χ1v) is 11.8. The van der Waals surface area contributed by atoms with Gasteiger partial charge in [0.1, 0.15) is 0 Å². The molecule has 0 radical (unpaired) electrons. The predicted molar refractivity (Wildman–Crippen MR) is 129 cm³/mol. The molecule has 33 heavy (non-hydrogen) atoms.